The van der Waals surface area contributed by atoms with Gasteiger partial charge < -0.3 is 15.5 Å². The third kappa shape index (κ3) is 35.7. The number of carbonyl (C=O) groups excluding carboxylic acids is 1. The van der Waals surface area contributed by atoms with Crippen LogP contribution in [0.3, 0.4) is 0 Å². The average Bonchev–Trinajstić information content (AvgIpc) is 3.07. The second kappa shape index (κ2) is 39.1. The third-order valence-electron chi connectivity index (χ3n) is 9.35. The lowest BCUT2D eigenvalue weighted by Crippen LogP contribution is -2.45. The molecule has 0 radical (unpaired) electrons. The summed E-state index contributed by atoms with van der Waals surface area (Å²) in [5.41, 5.74) is 0. The lowest BCUT2D eigenvalue weighted by molar-refractivity contribution is -0.123. The molecule has 0 aromatic carbocycles. The molecule has 0 fully saturated rings. The first-order valence-electron chi connectivity index (χ1n) is 20.7. The Labute approximate surface area is 293 Å². The Balaban J connectivity index is 3.62. The Morgan fingerprint density at radius 2 is 0.830 bits per heavy atom. The van der Waals surface area contributed by atoms with Gasteiger partial charge in [-0.15, -0.1) is 0 Å². The van der Waals surface area contributed by atoms with Crippen LogP contribution in [0.4, 0.5) is 0 Å². The van der Waals surface area contributed by atoms with Gasteiger partial charge in [-0.25, -0.2) is 0 Å². The second-order valence-corrected chi connectivity index (χ2v) is 14.0. The van der Waals surface area contributed by atoms with E-state index in [1.807, 2.05) is 6.08 Å². The summed E-state index contributed by atoms with van der Waals surface area (Å²) in [7, 11) is 0. The van der Waals surface area contributed by atoms with Gasteiger partial charge in [-0.3, -0.25) is 4.79 Å². The van der Waals surface area contributed by atoms with Crippen LogP contribution in [0, 0.1) is 0 Å². The van der Waals surface area contributed by atoms with Crippen molar-refractivity contribution in [1.82, 2.24) is 5.32 Å². The van der Waals surface area contributed by atoms with E-state index in [4.69, 9.17) is 0 Å². The molecular weight excluding hydrogens is 578 g/mol. The molecule has 3 N–H and O–H groups in total. The van der Waals surface area contributed by atoms with Crippen LogP contribution in [0.15, 0.2) is 36.5 Å². The summed E-state index contributed by atoms with van der Waals surface area (Å²) in [5, 5.41) is 22.9. The fraction of sp³-hybridized carbons (Fsp3) is 0.837. The molecule has 0 aliphatic heterocycles. The van der Waals surface area contributed by atoms with Crippen molar-refractivity contribution in [1.29, 1.82) is 0 Å². The lowest BCUT2D eigenvalue weighted by Gasteiger charge is -2.19. The van der Waals surface area contributed by atoms with E-state index in [1.165, 1.54) is 148 Å². The predicted octanol–water partition coefficient (Wildman–Crippen LogP) is 12.6. The zero-order valence-corrected chi connectivity index (χ0v) is 31.5. The second-order valence-electron chi connectivity index (χ2n) is 14.0. The number of aliphatic hydroxyl groups is 2. The number of carbonyl (C=O) groups is 1. The Bertz CT molecular complexity index is 716. The Morgan fingerprint density at radius 3 is 1.26 bits per heavy atom. The van der Waals surface area contributed by atoms with Crippen molar-refractivity contribution in [3.05, 3.63) is 36.5 Å². The minimum absolute atomic E-state index is 0.0838. The van der Waals surface area contributed by atoms with Gasteiger partial charge in [0.1, 0.15) is 0 Å². The average molecular weight is 660 g/mol. The zero-order chi connectivity index (χ0) is 34.3. The smallest absolute Gasteiger partial charge is 0.220 e. The highest BCUT2D eigenvalue weighted by atomic mass is 16.3. The van der Waals surface area contributed by atoms with E-state index < -0.39 is 12.1 Å². The van der Waals surface area contributed by atoms with Crippen LogP contribution < -0.4 is 5.32 Å². The van der Waals surface area contributed by atoms with Gasteiger partial charge >= 0.3 is 0 Å². The van der Waals surface area contributed by atoms with Crippen LogP contribution in [0.2, 0.25) is 0 Å². The molecule has 4 heteroatoms. The van der Waals surface area contributed by atoms with Crippen LogP contribution in [-0.4, -0.2) is 34.9 Å². The molecule has 0 aromatic rings. The molecule has 276 valence electrons. The lowest BCUT2D eigenvalue weighted by atomic mass is 10.0. The van der Waals surface area contributed by atoms with Crippen LogP contribution in [0.25, 0.3) is 0 Å². The first-order chi connectivity index (χ1) is 23.2. The molecule has 0 saturated carbocycles. The minimum atomic E-state index is -0.863. The quantitative estimate of drug-likeness (QED) is 0.0459. The van der Waals surface area contributed by atoms with Crippen LogP contribution in [0.1, 0.15) is 213 Å². The molecule has 0 rings (SSSR count). The Hall–Kier alpha value is -1.39. The molecule has 4 nitrogen and oxygen atoms in total. The van der Waals surface area contributed by atoms with Crippen molar-refractivity contribution in [2.75, 3.05) is 6.61 Å². The molecule has 0 aromatic heterocycles. The fourth-order valence-corrected chi connectivity index (χ4v) is 6.13. The summed E-state index contributed by atoms with van der Waals surface area (Å²) < 4.78 is 0. The number of amides is 1. The molecule has 0 heterocycles. The van der Waals surface area contributed by atoms with E-state index in [9.17, 15) is 15.0 Å². The van der Waals surface area contributed by atoms with Crippen molar-refractivity contribution < 1.29 is 15.0 Å². The van der Waals surface area contributed by atoms with E-state index in [2.05, 4.69) is 43.5 Å². The van der Waals surface area contributed by atoms with E-state index in [0.717, 1.165) is 44.9 Å². The van der Waals surface area contributed by atoms with Crippen LogP contribution in [-0.2, 0) is 4.79 Å². The van der Waals surface area contributed by atoms with Crippen molar-refractivity contribution >= 4 is 5.91 Å². The largest absolute Gasteiger partial charge is 0.394 e. The first-order valence-corrected chi connectivity index (χ1v) is 20.7. The highest BCUT2D eigenvalue weighted by Crippen LogP contribution is 2.14. The Morgan fingerprint density at radius 1 is 0.489 bits per heavy atom. The van der Waals surface area contributed by atoms with E-state index in [1.54, 1.807) is 6.08 Å². The fourth-order valence-electron chi connectivity index (χ4n) is 6.13. The van der Waals surface area contributed by atoms with Crippen molar-refractivity contribution in [3.8, 4) is 0 Å². The minimum Gasteiger partial charge on any atom is -0.394 e. The molecule has 0 aliphatic carbocycles. The summed E-state index contributed by atoms with van der Waals surface area (Å²) >= 11 is 0. The van der Waals surface area contributed by atoms with Crippen molar-refractivity contribution in [3.63, 3.8) is 0 Å². The number of allylic oxidation sites excluding steroid dienone is 5. The number of hydrogen-bond acceptors (Lipinski definition) is 3. The molecule has 2 unspecified atom stereocenters. The van der Waals surface area contributed by atoms with Gasteiger partial charge in [0.15, 0.2) is 0 Å². The predicted molar refractivity (Wildman–Crippen MR) is 207 cm³/mol. The number of aliphatic hydroxyl groups excluding tert-OH is 2. The highest BCUT2D eigenvalue weighted by Gasteiger charge is 2.17. The molecule has 2 atom stereocenters. The van der Waals surface area contributed by atoms with Gasteiger partial charge in [0.05, 0.1) is 18.8 Å². The van der Waals surface area contributed by atoms with Crippen LogP contribution in [0.5, 0.6) is 0 Å². The third-order valence-corrected chi connectivity index (χ3v) is 9.35. The van der Waals surface area contributed by atoms with E-state index in [0.29, 0.717) is 6.42 Å². The maximum atomic E-state index is 12.3. The van der Waals surface area contributed by atoms with Crippen molar-refractivity contribution in [2.24, 2.45) is 0 Å². The standard InChI is InChI=1S/C43H81NO3/c1-3-5-7-9-11-13-15-17-18-19-20-21-22-23-24-25-27-28-30-32-34-36-38-42(46)41(40-45)44-43(47)39-37-35-33-31-29-26-16-14-12-10-8-6-4-2/h14,16,28,30,36,38,41-42,45-46H,3-13,15,17-27,29,31-35,37,39-40H2,1-2H3,(H,44,47)/b16-14-,30-28+,38-36+. The van der Waals surface area contributed by atoms with Gasteiger partial charge in [-0.1, -0.05) is 185 Å². The summed E-state index contributed by atoms with van der Waals surface area (Å²) in [6.45, 7) is 4.28. The van der Waals surface area contributed by atoms with Gasteiger partial charge in [0.25, 0.3) is 0 Å². The maximum absolute atomic E-state index is 12.3. The van der Waals surface area contributed by atoms with E-state index in [-0.39, 0.29) is 12.5 Å². The first kappa shape index (κ1) is 45.6. The molecule has 0 bridgehead atoms. The van der Waals surface area contributed by atoms with Gasteiger partial charge in [-0.2, -0.15) is 0 Å². The summed E-state index contributed by atoms with van der Waals surface area (Å²) in [5.74, 6) is -0.0838. The van der Waals surface area contributed by atoms with Gasteiger partial charge in [0.2, 0.25) is 5.91 Å². The Kier molecular flexibility index (Phi) is 37.9. The topological polar surface area (TPSA) is 69.6 Å². The molecule has 0 saturated heterocycles. The molecular formula is C43H81NO3. The van der Waals surface area contributed by atoms with Gasteiger partial charge in [-0.05, 0) is 57.8 Å². The number of hydrogen-bond donors (Lipinski definition) is 3. The molecule has 47 heavy (non-hydrogen) atoms. The normalized spacial score (nSPS) is 13.4. The number of unbranched alkanes of at least 4 members (excludes halogenated alkanes) is 26. The monoisotopic (exact) mass is 660 g/mol. The number of rotatable bonds is 37. The van der Waals surface area contributed by atoms with Gasteiger partial charge in [0, 0.05) is 6.42 Å². The zero-order valence-electron chi connectivity index (χ0n) is 31.5. The SMILES string of the molecule is CCCCCC/C=C\CCCCCCCC(=O)NC(CO)C(O)/C=C/CC/C=C/CCCCCCCCCCCCCCCCCC. The highest BCUT2D eigenvalue weighted by molar-refractivity contribution is 5.76. The van der Waals surface area contributed by atoms with Crippen LogP contribution >= 0.6 is 0 Å². The number of nitrogens with one attached hydrogen (secondary N) is 1. The molecule has 0 aliphatic rings. The summed E-state index contributed by atoms with van der Waals surface area (Å²) in [6, 6.07) is -0.641. The van der Waals surface area contributed by atoms with Crippen molar-refractivity contribution in [2.45, 2.75) is 225 Å². The summed E-state index contributed by atoms with van der Waals surface area (Å²) in [4.78, 5) is 12.3. The molecule has 0 spiro atoms. The molecule has 1 amide bonds. The summed E-state index contributed by atoms with van der Waals surface area (Å²) in [6.07, 6.45) is 51.1. The maximum Gasteiger partial charge on any atom is 0.220 e. The van der Waals surface area contributed by atoms with E-state index >= 15 is 0 Å².